The van der Waals surface area contributed by atoms with Gasteiger partial charge in [0.2, 0.25) is 0 Å². The average molecular weight is 415 g/mol. The van der Waals surface area contributed by atoms with Crippen LogP contribution in [0.3, 0.4) is 0 Å². The molecule has 1 aliphatic heterocycles. The summed E-state index contributed by atoms with van der Waals surface area (Å²) in [6, 6.07) is 25.7. The van der Waals surface area contributed by atoms with Crippen LogP contribution in [0.5, 0.6) is 5.75 Å². The molecule has 3 aromatic rings. The van der Waals surface area contributed by atoms with E-state index in [4.69, 9.17) is 4.74 Å². The predicted octanol–water partition coefficient (Wildman–Crippen LogP) is 3.63. The van der Waals surface area contributed by atoms with Gasteiger partial charge in [0.05, 0.1) is 6.21 Å². The number of hydrogen-bond donors (Lipinski definition) is 3. The molecule has 3 aromatic carbocycles. The number of nitrogens with zero attached hydrogens (tertiary/aromatic N) is 1. The normalized spacial score (nSPS) is 18.2. The Hall–Kier alpha value is -3.48. The molecule has 4 rings (SSSR count). The first-order chi connectivity index (χ1) is 15.2. The lowest BCUT2D eigenvalue weighted by Gasteiger charge is -2.09. The monoisotopic (exact) mass is 414 g/mol. The van der Waals surface area contributed by atoms with Gasteiger partial charge in [-0.1, -0.05) is 72.3 Å². The molecule has 0 bridgehead atoms. The summed E-state index contributed by atoms with van der Waals surface area (Å²) in [5, 5.41) is 4.11. The second-order valence-corrected chi connectivity index (χ2v) is 7.62. The van der Waals surface area contributed by atoms with E-state index in [1.54, 1.807) is 6.21 Å². The fraction of sp³-hybridized carbons (Fsp3) is 0.200. The fourth-order valence-electron chi connectivity index (χ4n) is 3.42. The molecule has 3 N–H and O–H groups in total. The first kappa shape index (κ1) is 20.8. The number of ether oxygens (including phenoxy) is 1. The van der Waals surface area contributed by atoms with Gasteiger partial charge < -0.3 is 4.74 Å². The smallest absolute Gasteiger partial charge is 0.258 e. The van der Waals surface area contributed by atoms with Crippen LogP contribution < -0.4 is 21.0 Å². The molecule has 158 valence electrons. The molecule has 0 aromatic heterocycles. The molecule has 2 unspecified atom stereocenters. The largest absolute Gasteiger partial charge is 0.489 e. The molecule has 31 heavy (non-hydrogen) atoms. The van der Waals surface area contributed by atoms with Gasteiger partial charge in [-0.2, -0.15) is 5.10 Å². The van der Waals surface area contributed by atoms with Crippen molar-refractivity contribution in [3.05, 3.63) is 101 Å². The molecule has 1 amide bonds. The molecule has 1 aliphatic rings. The second kappa shape index (κ2) is 10.0. The molecule has 1 fully saturated rings. The molecular weight excluding hydrogens is 388 g/mol. The van der Waals surface area contributed by atoms with Crippen molar-refractivity contribution in [1.82, 2.24) is 16.3 Å². The van der Waals surface area contributed by atoms with Crippen molar-refractivity contribution in [1.29, 1.82) is 0 Å². The Morgan fingerprint density at radius 1 is 1.06 bits per heavy atom. The molecule has 6 nitrogen and oxygen atoms in total. The number of carbonyl (C=O) groups is 1. The van der Waals surface area contributed by atoms with Crippen LogP contribution in [0.1, 0.15) is 34.7 Å². The van der Waals surface area contributed by atoms with E-state index < -0.39 is 0 Å². The minimum Gasteiger partial charge on any atom is -0.489 e. The fourth-order valence-corrected chi connectivity index (χ4v) is 3.42. The molecule has 2 atom stereocenters. The number of nitrogens with one attached hydrogen (secondary N) is 3. The summed E-state index contributed by atoms with van der Waals surface area (Å²) in [4.78, 5) is 12.4. The zero-order valence-corrected chi connectivity index (χ0v) is 17.4. The van der Waals surface area contributed by atoms with Gasteiger partial charge in [-0.15, -0.1) is 0 Å². The van der Waals surface area contributed by atoms with E-state index in [9.17, 15) is 4.79 Å². The van der Waals surface area contributed by atoms with Gasteiger partial charge in [0.25, 0.3) is 5.91 Å². The topological polar surface area (TPSA) is 74.8 Å². The highest BCUT2D eigenvalue weighted by Crippen LogP contribution is 2.22. The lowest BCUT2D eigenvalue weighted by atomic mass is 10.0. The van der Waals surface area contributed by atoms with Crippen LogP contribution in [-0.2, 0) is 11.4 Å². The van der Waals surface area contributed by atoms with Crippen molar-refractivity contribution in [2.24, 2.45) is 5.10 Å². The SMILES string of the molecule is Cc1ccc(C2CC(C(=O)N/N=C/c3cccc(OCc4ccccc4)c3)NN2)cc1. The number of benzene rings is 3. The molecular formula is C25H26N4O2. The standard InChI is InChI=1S/C25H26N4O2/c1-18-10-12-21(13-11-18)23-15-24(28-27-23)25(30)29-26-16-20-8-5-9-22(14-20)31-17-19-6-3-2-4-7-19/h2-14,16,23-24,27-28H,15,17H2,1H3,(H,29,30)/b26-16+. The van der Waals surface area contributed by atoms with Crippen LogP contribution in [0, 0.1) is 6.92 Å². The van der Waals surface area contributed by atoms with Crippen molar-refractivity contribution in [2.75, 3.05) is 0 Å². The molecule has 0 saturated carbocycles. The van der Waals surface area contributed by atoms with E-state index in [-0.39, 0.29) is 18.0 Å². The predicted molar refractivity (Wildman–Crippen MR) is 122 cm³/mol. The maximum atomic E-state index is 12.4. The molecule has 1 saturated heterocycles. The third kappa shape index (κ3) is 5.78. The summed E-state index contributed by atoms with van der Waals surface area (Å²) in [6.07, 6.45) is 2.28. The summed E-state index contributed by atoms with van der Waals surface area (Å²) in [7, 11) is 0. The van der Waals surface area contributed by atoms with Crippen molar-refractivity contribution in [2.45, 2.75) is 32.0 Å². The Morgan fingerprint density at radius 2 is 1.87 bits per heavy atom. The molecule has 0 spiro atoms. The quantitative estimate of drug-likeness (QED) is 0.408. The first-order valence-electron chi connectivity index (χ1n) is 10.3. The molecule has 0 aliphatic carbocycles. The summed E-state index contributed by atoms with van der Waals surface area (Å²) in [5.41, 5.74) is 13.2. The van der Waals surface area contributed by atoms with E-state index in [1.165, 1.54) is 5.56 Å². The Morgan fingerprint density at radius 3 is 2.68 bits per heavy atom. The van der Waals surface area contributed by atoms with Gasteiger partial charge in [0, 0.05) is 6.04 Å². The highest BCUT2D eigenvalue weighted by molar-refractivity contribution is 5.85. The Kier molecular flexibility index (Phi) is 6.72. The van der Waals surface area contributed by atoms with Gasteiger partial charge in [-0.3, -0.25) is 4.79 Å². The van der Waals surface area contributed by atoms with E-state index in [1.807, 2.05) is 54.6 Å². The van der Waals surface area contributed by atoms with E-state index in [2.05, 4.69) is 52.6 Å². The van der Waals surface area contributed by atoms with Crippen LogP contribution in [0.2, 0.25) is 0 Å². The third-order valence-corrected chi connectivity index (χ3v) is 5.19. The third-order valence-electron chi connectivity index (χ3n) is 5.19. The summed E-state index contributed by atoms with van der Waals surface area (Å²) in [6.45, 7) is 2.56. The number of aryl methyl sites for hydroxylation is 1. The Bertz CT molecular complexity index is 1030. The highest BCUT2D eigenvalue weighted by Gasteiger charge is 2.29. The van der Waals surface area contributed by atoms with Crippen molar-refractivity contribution < 1.29 is 9.53 Å². The summed E-state index contributed by atoms with van der Waals surface area (Å²) >= 11 is 0. The number of rotatable bonds is 7. The van der Waals surface area contributed by atoms with Crippen LogP contribution in [0.15, 0.2) is 84.0 Å². The molecule has 6 heteroatoms. The Labute approximate surface area is 182 Å². The minimum atomic E-state index is -0.344. The van der Waals surface area contributed by atoms with Crippen molar-refractivity contribution in [3.63, 3.8) is 0 Å². The lowest BCUT2D eigenvalue weighted by molar-refractivity contribution is -0.122. The van der Waals surface area contributed by atoms with Gasteiger partial charge in [0.15, 0.2) is 0 Å². The highest BCUT2D eigenvalue weighted by atomic mass is 16.5. The van der Waals surface area contributed by atoms with Crippen molar-refractivity contribution >= 4 is 12.1 Å². The van der Waals surface area contributed by atoms with Crippen LogP contribution in [0.4, 0.5) is 0 Å². The first-order valence-corrected chi connectivity index (χ1v) is 10.3. The summed E-state index contributed by atoms with van der Waals surface area (Å²) in [5.74, 6) is 0.580. The second-order valence-electron chi connectivity index (χ2n) is 7.62. The lowest BCUT2D eigenvalue weighted by Crippen LogP contribution is -2.41. The Balaban J connectivity index is 1.27. The zero-order chi connectivity index (χ0) is 21.5. The van der Waals surface area contributed by atoms with Crippen LogP contribution in [0.25, 0.3) is 0 Å². The van der Waals surface area contributed by atoms with Crippen LogP contribution in [-0.4, -0.2) is 18.2 Å². The van der Waals surface area contributed by atoms with Crippen LogP contribution >= 0.6 is 0 Å². The van der Waals surface area contributed by atoms with Crippen molar-refractivity contribution in [3.8, 4) is 5.75 Å². The van der Waals surface area contributed by atoms with Gasteiger partial charge in [0.1, 0.15) is 18.4 Å². The number of carbonyl (C=O) groups excluding carboxylic acids is 1. The van der Waals surface area contributed by atoms with E-state index in [0.29, 0.717) is 13.0 Å². The summed E-state index contributed by atoms with van der Waals surface area (Å²) < 4.78 is 5.84. The zero-order valence-electron chi connectivity index (χ0n) is 17.4. The number of hydrazine groups is 1. The van der Waals surface area contributed by atoms with Gasteiger partial charge >= 0.3 is 0 Å². The number of amides is 1. The number of hydrogen-bond acceptors (Lipinski definition) is 5. The van der Waals surface area contributed by atoms with Gasteiger partial charge in [-0.05, 0) is 42.2 Å². The molecule has 1 heterocycles. The van der Waals surface area contributed by atoms with E-state index in [0.717, 1.165) is 22.4 Å². The molecule has 0 radical (unpaired) electrons. The van der Waals surface area contributed by atoms with E-state index >= 15 is 0 Å². The maximum absolute atomic E-state index is 12.4. The minimum absolute atomic E-state index is 0.0961. The average Bonchev–Trinajstić information content (AvgIpc) is 3.30. The maximum Gasteiger partial charge on any atom is 0.258 e. The van der Waals surface area contributed by atoms with Gasteiger partial charge in [-0.25, -0.2) is 16.3 Å². The number of hydrazone groups is 1.